The number of nitrogens with one attached hydrogen (secondary N) is 1. The molecule has 1 fully saturated rings. The van der Waals surface area contributed by atoms with Crippen LogP contribution in [0.4, 0.5) is 18.0 Å². The number of hydrogen-bond acceptors (Lipinski definition) is 4. The number of alkyl halides is 3. The summed E-state index contributed by atoms with van der Waals surface area (Å²) in [5.74, 6) is -2.02. The number of amides is 1. The van der Waals surface area contributed by atoms with Crippen LogP contribution < -0.4 is 5.32 Å². The first-order valence-electron chi connectivity index (χ1n) is 7.28. The van der Waals surface area contributed by atoms with Crippen LogP contribution in [0, 0.1) is 5.92 Å². The summed E-state index contributed by atoms with van der Waals surface area (Å²) >= 11 is 0. The van der Waals surface area contributed by atoms with E-state index < -0.39 is 37.3 Å². The summed E-state index contributed by atoms with van der Waals surface area (Å²) in [6.07, 6.45) is -3.86. The van der Waals surface area contributed by atoms with Gasteiger partial charge in [-0.15, -0.1) is 0 Å². The van der Waals surface area contributed by atoms with Crippen LogP contribution in [0.25, 0.3) is 0 Å². The molecule has 0 spiro atoms. The van der Waals surface area contributed by atoms with Gasteiger partial charge in [0.1, 0.15) is 0 Å². The number of carboxylic acid groups (broad SMARTS) is 2. The lowest BCUT2D eigenvalue weighted by Crippen LogP contribution is -2.39. The highest BCUT2D eigenvalue weighted by molar-refractivity contribution is 5.89. The zero-order chi connectivity index (χ0) is 17.9. The number of rotatable bonds is 4. The van der Waals surface area contributed by atoms with Gasteiger partial charge < -0.3 is 20.3 Å². The maximum atomic E-state index is 12.5. The van der Waals surface area contributed by atoms with E-state index >= 15 is 0 Å². The molecule has 0 saturated carbocycles. The van der Waals surface area contributed by atoms with Crippen molar-refractivity contribution in [3.63, 3.8) is 0 Å². The number of piperidine rings is 1. The number of carboxylic acids is 1. The minimum atomic E-state index is -4.63. The fourth-order valence-corrected chi connectivity index (χ4v) is 2.71. The average molecular weight is 350 g/mol. The van der Waals surface area contributed by atoms with Crippen LogP contribution in [0.2, 0.25) is 0 Å². The topological polar surface area (TPSA) is 99.1 Å². The number of hydrogen-bond donors (Lipinski definition) is 3. The third-order valence-electron chi connectivity index (χ3n) is 3.81. The fraction of sp³-hybridized carbons (Fsp3) is 0.571. The second kappa shape index (κ2) is 7.12. The highest BCUT2D eigenvalue weighted by Gasteiger charge is 2.36. The van der Waals surface area contributed by atoms with Gasteiger partial charge in [0.2, 0.25) is 5.88 Å². The van der Waals surface area contributed by atoms with E-state index in [0.717, 1.165) is 0 Å². The molecule has 1 amide bonds. The van der Waals surface area contributed by atoms with Gasteiger partial charge in [0, 0.05) is 5.57 Å². The molecule has 134 valence electrons. The molecule has 0 radical (unpaired) electrons. The summed E-state index contributed by atoms with van der Waals surface area (Å²) in [4.78, 5) is 23.1. The summed E-state index contributed by atoms with van der Waals surface area (Å²) < 4.78 is 42.2. The molecule has 24 heavy (non-hydrogen) atoms. The Bertz CT molecular complexity index is 579. The molecule has 2 aliphatic heterocycles. The summed E-state index contributed by atoms with van der Waals surface area (Å²) in [6, 6.07) is 0. The van der Waals surface area contributed by atoms with Gasteiger partial charge in [0.25, 0.3) is 0 Å². The van der Waals surface area contributed by atoms with E-state index in [1.54, 1.807) is 0 Å². The van der Waals surface area contributed by atoms with Crippen LogP contribution in [0.15, 0.2) is 23.1 Å². The van der Waals surface area contributed by atoms with Crippen molar-refractivity contribution in [2.75, 3.05) is 26.2 Å². The van der Waals surface area contributed by atoms with Gasteiger partial charge in [-0.3, -0.25) is 0 Å². The van der Waals surface area contributed by atoms with Crippen LogP contribution >= 0.6 is 0 Å². The van der Waals surface area contributed by atoms with Crippen molar-refractivity contribution in [1.82, 2.24) is 10.2 Å². The molecule has 7 nitrogen and oxygen atoms in total. The quantitative estimate of drug-likeness (QED) is 0.715. The summed E-state index contributed by atoms with van der Waals surface area (Å²) in [7, 11) is 0. The maximum absolute atomic E-state index is 12.5. The van der Waals surface area contributed by atoms with Gasteiger partial charge in [0.05, 0.1) is 12.1 Å². The first kappa shape index (κ1) is 18.1. The molecule has 2 aliphatic rings. The van der Waals surface area contributed by atoms with Crippen LogP contribution in [0.5, 0.6) is 0 Å². The van der Waals surface area contributed by atoms with E-state index in [4.69, 9.17) is 9.84 Å². The summed E-state index contributed by atoms with van der Waals surface area (Å²) in [6.45, 7) is -1.00. The van der Waals surface area contributed by atoms with Crippen molar-refractivity contribution in [3.8, 4) is 0 Å². The largest absolute Gasteiger partial charge is 0.478 e. The van der Waals surface area contributed by atoms with Gasteiger partial charge in [-0.25, -0.2) is 14.5 Å². The Hall–Kier alpha value is -2.23. The monoisotopic (exact) mass is 350 g/mol. The molecule has 2 rings (SSSR count). The maximum Gasteiger partial charge on any atom is 0.422 e. The zero-order valence-corrected chi connectivity index (χ0v) is 12.6. The first-order chi connectivity index (χ1) is 11.2. The predicted molar refractivity (Wildman–Crippen MR) is 75.1 cm³/mol. The van der Waals surface area contributed by atoms with Gasteiger partial charge in [-0.05, 0) is 37.9 Å². The number of carbonyl (C=O) groups is 2. The number of nitrogens with zero attached hydrogens (tertiary/aromatic N) is 1. The molecule has 0 unspecified atom stereocenters. The molecule has 0 bridgehead atoms. The number of ether oxygens (including phenoxy) is 1. The van der Waals surface area contributed by atoms with Crippen molar-refractivity contribution in [3.05, 3.63) is 23.1 Å². The molecular formula is C14H17F3N2O5. The minimum absolute atomic E-state index is 0.187. The zero-order valence-electron chi connectivity index (χ0n) is 12.6. The van der Waals surface area contributed by atoms with Crippen LogP contribution in [0.3, 0.4) is 0 Å². The predicted octanol–water partition coefficient (Wildman–Crippen LogP) is 1.78. The molecule has 0 atom stereocenters. The first-order valence-corrected chi connectivity index (χ1v) is 7.28. The summed E-state index contributed by atoms with van der Waals surface area (Å²) in [5, 5.41) is 21.5. The van der Waals surface area contributed by atoms with Gasteiger partial charge in [-0.2, -0.15) is 13.2 Å². The van der Waals surface area contributed by atoms with Gasteiger partial charge in [0.15, 0.2) is 6.61 Å². The summed E-state index contributed by atoms with van der Waals surface area (Å²) in [5.41, 5.74) is -0.0166. The molecule has 0 aliphatic carbocycles. The molecule has 0 aromatic heterocycles. The molecule has 2 heterocycles. The third-order valence-corrected chi connectivity index (χ3v) is 3.81. The number of allylic oxidation sites excluding steroid dienone is 2. The van der Waals surface area contributed by atoms with Crippen molar-refractivity contribution < 1.29 is 37.7 Å². The molecule has 10 heteroatoms. The Labute approximate surface area is 135 Å². The van der Waals surface area contributed by atoms with Gasteiger partial charge >= 0.3 is 18.2 Å². The van der Waals surface area contributed by atoms with Crippen molar-refractivity contribution in [2.24, 2.45) is 5.92 Å². The second-order valence-electron chi connectivity index (χ2n) is 5.53. The lowest BCUT2D eigenvalue weighted by Gasteiger charge is -2.33. The molecule has 1 saturated heterocycles. The van der Waals surface area contributed by atoms with E-state index in [2.05, 4.69) is 5.32 Å². The Morgan fingerprint density at radius 1 is 1.29 bits per heavy atom. The van der Waals surface area contributed by atoms with Crippen LogP contribution in [0.1, 0.15) is 12.8 Å². The molecule has 0 aromatic carbocycles. The fourth-order valence-electron chi connectivity index (χ4n) is 2.71. The smallest absolute Gasteiger partial charge is 0.422 e. The lowest BCUT2D eigenvalue weighted by molar-refractivity contribution is -0.169. The Morgan fingerprint density at radius 2 is 1.92 bits per heavy atom. The van der Waals surface area contributed by atoms with Crippen LogP contribution in [-0.4, -0.2) is 59.6 Å². The van der Waals surface area contributed by atoms with Crippen molar-refractivity contribution in [1.29, 1.82) is 0 Å². The Balaban J connectivity index is 2.43. The second-order valence-corrected chi connectivity index (χ2v) is 5.53. The van der Waals surface area contributed by atoms with Gasteiger partial charge in [-0.1, -0.05) is 0 Å². The Morgan fingerprint density at radius 3 is 2.42 bits per heavy atom. The highest BCUT2D eigenvalue weighted by Crippen LogP contribution is 2.33. The Kier molecular flexibility index (Phi) is 5.37. The van der Waals surface area contributed by atoms with E-state index in [1.807, 2.05) is 0 Å². The average Bonchev–Trinajstić information content (AvgIpc) is 2.52. The highest BCUT2D eigenvalue weighted by atomic mass is 19.4. The third kappa shape index (κ3) is 4.40. The number of aliphatic carboxylic acids is 1. The van der Waals surface area contributed by atoms with Crippen molar-refractivity contribution >= 4 is 12.1 Å². The minimum Gasteiger partial charge on any atom is -0.478 e. The van der Waals surface area contributed by atoms with E-state index in [-0.39, 0.29) is 17.1 Å². The SMILES string of the molecule is O=C(O)C1=CC(C2CCNCC2)=C(OCC(F)(F)F)N(C(=O)O)C1. The molecule has 3 N–H and O–H groups in total. The van der Waals surface area contributed by atoms with Crippen LogP contribution in [-0.2, 0) is 9.53 Å². The van der Waals surface area contributed by atoms with E-state index in [1.165, 1.54) is 6.08 Å². The normalized spacial score (nSPS) is 20.0. The molecular weight excluding hydrogens is 333 g/mol. The molecule has 0 aromatic rings. The standard InChI is InChI=1S/C14H17F3N2O5/c15-14(16,17)7-24-11-10(8-1-3-18-4-2-8)5-9(12(20)21)6-19(11)13(22)23/h5,8,18H,1-4,6-7H2,(H,20,21)(H,22,23). The lowest BCUT2D eigenvalue weighted by atomic mass is 9.87. The van der Waals surface area contributed by atoms with Crippen molar-refractivity contribution in [2.45, 2.75) is 19.0 Å². The number of halogens is 3. The van der Waals surface area contributed by atoms with E-state index in [0.29, 0.717) is 30.8 Å². The van der Waals surface area contributed by atoms with E-state index in [9.17, 15) is 27.9 Å².